The van der Waals surface area contributed by atoms with Gasteiger partial charge in [0.2, 0.25) is 0 Å². The van der Waals surface area contributed by atoms with E-state index in [1.54, 1.807) is 6.92 Å². The quantitative estimate of drug-likeness (QED) is 0.595. The molecule has 6 nitrogen and oxygen atoms in total. The summed E-state index contributed by atoms with van der Waals surface area (Å²) in [7, 11) is 0. The predicted molar refractivity (Wildman–Crippen MR) is 92.7 cm³/mol. The van der Waals surface area contributed by atoms with E-state index in [2.05, 4.69) is 5.32 Å². The van der Waals surface area contributed by atoms with Crippen LogP contribution in [0.1, 0.15) is 27.6 Å². The molecule has 0 aromatic heterocycles. The van der Waals surface area contributed by atoms with Crippen molar-refractivity contribution in [1.29, 1.82) is 0 Å². The Bertz CT molecular complexity index is 871. The van der Waals surface area contributed by atoms with Gasteiger partial charge in [-0.3, -0.25) is 4.79 Å². The van der Waals surface area contributed by atoms with Gasteiger partial charge in [0.15, 0.2) is 18.2 Å². The fraction of sp³-hybridized carbons (Fsp3) is 0.167. The lowest BCUT2D eigenvalue weighted by atomic mass is 10.2. The summed E-state index contributed by atoms with van der Waals surface area (Å²) in [4.78, 5) is 35.2. The van der Waals surface area contributed by atoms with Crippen LogP contribution in [-0.4, -0.2) is 31.1 Å². The van der Waals surface area contributed by atoms with Crippen molar-refractivity contribution < 1.29 is 32.6 Å². The highest BCUT2D eigenvalue weighted by molar-refractivity contribution is 6.33. The zero-order valence-electron chi connectivity index (χ0n) is 14.1. The Hall–Kier alpha value is -3.00. The molecule has 1 N–H and O–H groups in total. The molecule has 2 aromatic rings. The van der Waals surface area contributed by atoms with Crippen LogP contribution in [0.5, 0.6) is 0 Å². The van der Waals surface area contributed by atoms with Crippen molar-refractivity contribution in [2.24, 2.45) is 0 Å². The predicted octanol–water partition coefficient (Wildman–Crippen LogP) is 3.59. The second-order valence-corrected chi connectivity index (χ2v) is 5.58. The number of hydrogen-bond donors (Lipinski definition) is 1. The first-order valence-electron chi connectivity index (χ1n) is 7.70. The average Bonchev–Trinajstić information content (AvgIpc) is 2.63. The Morgan fingerprint density at radius 3 is 2.26 bits per heavy atom. The number of halogens is 3. The molecule has 0 aliphatic rings. The largest absolute Gasteiger partial charge is 0.462 e. The molecule has 2 rings (SSSR count). The number of carbonyl (C=O) groups is 3. The van der Waals surface area contributed by atoms with Crippen LogP contribution < -0.4 is 5.32 Å². The first-order chi connectivity index (χ1) is 12.8. The van der Waals surface area contributed by atoms with Crippen LogP contribution in [0.2, 0.25) is 5.02 Å². The molecule has 0 saturated heterocycles. The van der Waals surface area contributed by atoms with Crippen molar-refractivity contribution in [3.8, 4) is 0 Å². The van der Waals surface area contributed by atoms with Crippen LogP contribution in [0, 0.1) is 11.6 Å². The maximum absolute atomic E-state index is 13.2. The molecule has 142 valence electrons. The minimum Gasteiger partial charge on any atom is -0.462 e. The van der Waals surface area contributed by atoms with Crippen molar-refractivity contribution in [1.82, 2.24) is 0 Å². The van der Waals surface area contributed by atoms with Gasteiger partial charge < -0.3 is 14.8 Å². The Labute approximate surface area is 158 Å². The van der Waals surface area contributed by atoms with E-state index in [-0.39, 0.29) is 11.6 Å². The summed E-state index contributed by atoms with van der Waals surface area (Å²) in [6, 6.07) is 7.09. The summed E-state index contributed by atoms with van der Waals surface area (Å²) in [5.41, 5.74) is 0.270. The minimum atomic E-state index is -1.27. The number of amides is 1. The summed E-state index contributed by atoms with van der Waals surface area (Å²) in [5, 5.41) is 2.11. The van der Waals surface area contributed by atoms with Gasteiger partial charge in [0.25, 0.3) is 5.91 Å². The lowest BCUT2D eigenvalue weighted by Gasteiger charge is -2.08. The zero-order valence-corrected chi connectivity index (χ0v) is 14.8. The monoisotopic (exact) mass is 397 g/mol. The molecular weight excluding hydrogens is 384 g/mol. The van der Waals surface area contributed by atoms with Crippen LogP contribution in [0.15, 0.2) is 36.4 Å². The molecule has 0 bridgehead atoms. The maximum atomic E-state index is 13.2. The standard InChI is InChI=1S/C18H14ClF2NO5/c1-2-26-17(24)10-3-5-11(6-4-10)22-16(23)9-27-18(25)12-7-14(20)15(21)8-13(12)19/h3-8H,2,9H2,1H3,(H,22,23). The van der Waals surface area contributed by atoms with E-state index in [1.807, 2.05) is 0 Å². The summed E-state index contributed by atoms with van der Waals surface area (Å²) < 4.78 is 35.8. The Balaban J connectivity index is 1.92. The summed E-state index contributed by atoms with van der Waals surface area (Å²) in [6.07, 6.45) is 0. The van der Waals surface area contributed by atoms with Crippen molar-refractivity contribution in [3.63, 3.8) is 0 Å². The number of nitrogens with one attached hydrogen (secondary N) is 1. The highest BCUT2D eigenvalue weighted by atomic mass is 35.5. The van der Waals surface area contributed by atoms with Gasteiger partial charge in [-0.05, 0) is 43.3 Å². The van der Waals surface area contributed by atoms with Gasteiger partial charge in [0.05, 0.1) is 22.8 Å². The molecule has 0 atom stereocenters. The Morgan fingerprint density at radius 2 is 1.63 bits per heavy atom. The molecule has 0 aliphatic carbocycles. The van der Waals surface area contributed by atoms with E-state index < -0.39 is 41.7 Å². The highest BCUT2D eigenvalue weighted by Gasteiger charge is 2.17. The fourth-order valence-corrected chi connectivity index (χ4v) is 2.22. The topological polar surface area (TPSA) is 81.7 Å². The van der Waals surface area contributed by atoms with Crippen LogP contribution in [0.4, 0.5) is 14.5 Å². The Kier molecular flexibility index (Phi) is 6.84. The van der Waals surface area contributed by atoms with Gasteiger partial charge in [-0.2, -0.15) is 0 Å². The third-order valence-electron chi connectivity index (χ3n) is 3.24. The van der Waals surface area contributed by atoms with E-state index in [9.17, 15) is 23.2 Å². The molecule has 0 unspecified atom stereocenters. The number of rotatable bonds is 6. The second kappa shape index (κ2) is 9.09. The van der Waals surface area contributed by atoms with Crippen LogP contribution in [-0.2, 0) is 14.3 Å². The maximum Gasteiger partial charge on any atom is 0.340 e. The molecule has 2 aromatic carbocycles. The number of carbonyl (C=O) groups excluding carboxylic acids is 3. The highest BCUT2D eigenvalue weighted by Crippen LogP contribution is 2.21. The van der Waals surface area contributed by atoms with Crippen molar-refractivity contribution in [3.05, 3.63) is 64.2 Å². The summed E-state index contributed by atoms with van der Waals surface area (Å²) in [5.74, 6) is -4.72. The lowest BCUT2D eigenvalue weighted by Crippen LogP contribution is -2.21. The Morgan fingerprint density at radius 1 is 1.00 bits per heavy atom. The van der Waals surface area contributed by atoms with Crippen LogP contribution in [0.3, 0.4) is 0 Å². The molecular formula is C18H14ClF2NO5. The van der Waals surface area contributed by atoms with E-state index in [1.165, 1.54) is 24.3 Å². The average molecular weight is 398 g/mol. The fourth-order valence-electron chi connectivity index (χ4n) is 1.99. The van der Waals surface area contributed by atoms with Gasteiger partial charge in [0.1, 0.15) is 0 Å². The van der Waals surface area contributed by atoms with Crippen molar-refractivity contribution >= 4 is 35.1 Å². The molecule has 0 fully saturated rings. The van der Waals surface area contributed by atoms with E-state index in [0.717, 1.165) is 0 Å². The molecule has 0 radical (unpaired) electrons. The molecule has 9 heteroatoms. The van der Waals surface area contributed by atoms with Gasteiger partial charge in [-0.25, -0.2) is 18.4 Å². The number of esters is 2. The van der Waals surface area contributed by atoms with Crippen molar-refractivity contribution in [2.45, 2.75) is 6.92 Å². The zero-order chi connectivity index (χ0) is 20.0. The molecule has 1 amide bonds. The molecule has 0 saturated carbocycles. The van der Waals surface area contributed by atoms with Crippen LogP contribution in [0.25, 0.3) is 0 Å². The van der Waals surface area contributed by atoms with Gasteiger partial charge in [0, 0.05) is 5.69 Å². The molecule has 27 heavy (non-hydrogen) atoms. The van der Waals surface area contributed by atoms with Gasteiger partial charge >= 0.3 is 11.9 Å². The normalized spacial score (nSPS) is 10.2. The van der Waals surface area contributed by atoms with Crippen LogP contribution >= 0.6 is 11.6 Å². The number of ether oxygens (including phenoxy) is 2. The third-order valence-corrected chi connectivity index (χ3v) is 3.56. The lowest BCUT2D eigenvalue weighted by molar-refractivity contribution is -0.119. The van der Waals surface area contributed by atoms with E-state index >= 15 is 0 Å². The molecule has 0 spiro atoms. The number of anilines is 1. The van der Waals surface area contributed by atoms with E-state index in [0.29, 0.717) is 23.4 Å². The minimum absolute atomic E-state index is 0.241. The SMILES string of the molecule is CCOC(=O)c1ccc(NC(=O)COC(=O)c2cc(F)c(F)cc2Cl)cc1. The smallest absolute Gasteiger partial charge is 0.340 e. The first kappa shape index (κ1) is 20.3. The van der Waals surface area contributed by atoms with Gasteiger partial charge in [-0.1, -0.05) is 11.6 Å². The van der Waals surface area contributed by atoms with Crippen molar-refractivity contribution in [2.75, 3.05) is 18.5 Å². The summed E-state index contributed by atoms with van der Waals surface area (Å²) in [6.45, 7) is 1.25. The van der Waals surface area contributed by atoms with Gasteiger partial charge in [-0.15, -0.1) is 0 Å². The first-order valence-corrected chi connectivity index (χ1v) is 8.08. The summed E-state index contributed by atoms with van der Waals surface area (Å²) >= 11 is 5.66. The number of benzene rings is 2. The molecule has 0 aliphatic heterocycles. The molecule has 0 heterocycles. The number of hydrogen-bond acceptors (Lipinski definition) is 5. The second-order valence-electron chi connectivity index (χ2n) is 5.17. The van der Waals surface area contributed by atoms with E-state index in [4.69, 9.17) is 21.1 Å². The third kappa shape index (κ3) is 5.49.